The van der Waals surface area contributed by atoms with Gasteiger partial charge >= 0.3 is 11.9 Å². The van der Waals surface area contributed by atoms with Crippen molar-refractivity contribution in [1.29, 1.82) is 0 Å². The second-order valence-electron chi connectivity index (χ2n) is 4.92. The fourth-order valence-electron chi connectivity index (χ4n) is 2.43. The van der Waals surface area contributed by atoms with Crippen molar-refractivity contribution >= 4 is 34.2 Å². The van der Waals surface area contributed by atoms with E-state index in [0.717, 1.165) is 0 Å². The number of carbonyl (C=O) groups is 3. The molecule has 21 heavy (non-hydrogen) atoms. The third-order valence-corrected chi connectivity index (χ3v) is 4.38. The fraction of sp³-hybridized carbons (Fsp3) is 0.500. The Morgan fingerprint density at radius 1 is 1.38 bits per heavy atom. The predicted octanol–water partition coefficient (Wildman–Crippen LogP) is 2.36. The highest BCUT2D eigenvalue weighted by molar-refractivity contribution is 7.14. The van der Waals surface area contributed by atoms with Gasteiger partial charge < -0.3 is 15.2 Å². The van der Waals surface area contributed by atoms with Gasteiger partial charge in [0.1, 0.15) is 5.00 Å². The Hall–Kier alpha value is -1.89. The van der Waals surface area contributed by atoms with Crippen LogP contribution in [0.25, 0.3) is 0 Å². The molecule has 1 amide bonds. The molecule has 6 nitrogen and oxygen atoms in total. The van der Waals surface area contributed by atoms with Crippen LogP contribution in [-0.4, -0.2) is 29.6 Å². The molecule has 0 aromatic carbocycles. The first-order valence-electron chi connectivity index (χ1n) is 6.81. The van der Waals surface area contributed by atoms with Gasteiger partial charge in [-0.15, -0.1) is 11.3 Å². The Balaban J connectivity index is 1.99. The van der Waals surface area contributed by atoms with Crippen LogP contribution in [0.5, 0.6) is 0 Å². The highest BCUT2D eigenvalue weighted by Crippen LogP contribution is 2.33. The summed E-state index contributed by atoms with van der Waals surface area (Å²) in [5, 5.41) is 13.8. The van der Waals surface area contributed by atoms with Crippen LogP contribution in [-0.2, 0) is 14.3 Å². The zero-order valence-electron chi connectivity index (χ0n) is 11.6. The lowest BCUT2D eigenvalue weighted by atomic mass is 10.0. The first-order chi connectivity index (χ1) is 10.0. The van der Waals surface area contributed by atoms with Gasteiger partial charge in [0, 0.05) is 5.92 Å². The maximum absolute atomic E-state index is 12.2. The van der Waals surface area contributed by atoms with Gasteiger partial charge in [-0.05, 0) is 37.6 Å². The molecule has 1 saturated carbocycles. The number of thiophene rings is 1. The van der Waals surface area contributed by atoms with E-state index in [-0.39, 0.29) is 18.4 Å². The zero-order chi connectivity index (χ0) is 15.4. The molecule has 1 aliphatic rings. The molecule has 0 bridgehead atoms. The summed E-state index contributed by atoms with van der Waals surface area (Å²) in [6.07, 6.45) is 1.42. The van der Waals surface area contributed by atoms with Crippen LogP contribution in [0.2, 0.25) is 0 Å². The number of nitrogens with one attached hydrogen (secondary N) is 1. The molecule has 0 radical (unpaired) electrons. The van der Waals surface area contributed by atoms with Crippen molar-refractivity contribution in [1.82, 2.24) is 0 Å². The molecular weight excluding hydrogens is 294 g/mol. The van der Waals surface area contributed by atoms with Gasteiger partial charge in [-0.2, -0.15) is 0 Å². The number of rotatable bonds is 5. The topological polar surface area (TPSA) is 92.7 Å². The average molecular weight is 311 g/mol. The van der Waals surface area contributed by atoms with Crippen molar-refractivity contribution in [3.63, 3.8) is 0 Å². The smallest absolute Gasteiger partial charge is 0.341 e. The minimum Gasteiger partial charge on any atom is -0.481 e. The van der Waals surface area contributed by atoms with Crippen molar-refractivity contribution in [2.45, 2.75) is 26.2 Å². The number of carboxylic acid groups (broad SMARTS) is 1. The average Bonchev–Trinajstić information content (AvgIpc) is 3.07. The number of esters is 1. The summed E-state index contributed by atoms with van der Waals surface area (Å²) in [6.45, 7) is 1.98. The molecule has 114 valence electrons. The molecule has 0 saturated heterocycles. The molecule has 0 spiro atoms. The quantitative estimate of drug-likeness (QED) is 0.814. The van der Waals surface area contributed by atoms with Gasteiger partial charge in [-0.3, -0.25) is 9.59 Å². The lowest BCUT2D eigenvalue weighted by molar-refractivity contribution is -0.141. The van der Waals surface area contributed by atoms with E-state index >= 15 is 0 Å². The number of anilines is 1. The van der Waals surface area contributed by atoms with Gasteiger partial charge in [-0.25, -0.2) is 4.79 Å². The Morgan fingerprint density at radius 3 is 2.71 bits per heavy atom. The van der Waals surface area contributed by atoms with Gasteiger partial charge in [0.05, 0.1) is 18.1 Å². The Kier molecular flexibility index (Phi) is 4.95. The van der Waals surface area contributed by atoms with E-state index in [2.05, 4.69) is 5.32 Å². The third-order valence-electron chi connectivity index (χ3n) is 3.55. The number of carboxylic acids is 1. The summed E-state index contributed by atoms with van der Waals surface area (Å²) in [5.41, 5.74) is 0.336. The molecule has 7 heteroatoms. The summed E-state index contributed by atoms with van der Waals surface area (Å²) in [6, 6.07) is 1.60. The normalized spacial score (nSPS) is 21.0. The van der Waals surface area contributed by atoms with E-state index in [1.165, 1.54) is 11.3 Å². The lowest BCUT2D eigenvalue weighted by Gasteiger charge is -2.10. The van der Waals surface area contributed by atoms with Crippen molar-refractivity contribution in [3.05, 3.63) is 17.0 Å². The number of ether oxygens (including phenoxy) is 1. The van der Waals surface area contributed by atoms with Gasteiger partial charge in [-0.1, -0.05) is 0 Å². The first-order valence-corrected chi connectivity index (χ1v) is 7.69. The molecule has 1 fully saturated rings. The molecule has 1 aliphatic carbocycles. The molecule has 1 heterocycles. The molecule has 2 unspecified atom stereocenters. The van der Waals surface area contributed by atoms with Crippen LogP contribution in [0.3, 0.4) is 0 Å². The molecule has 2 rings (SSSR count). The minimum atomic E-state index is -0.853. The minimum absolute atomic E-state index is 0.230. The standard InChI is InChI=1S/C14H17NO5S/c1-2-20-14(19)10-5-6-21-12(10)15-11(16)8-3-4-9(7-8)13(17)18/h5-6,8-9H,2-4,7H2,1H3,(H,15,16)(H,17,18). The predicted molar refractivity (Wildman–Crippen MR) is 77.4 cm³/mol. The van der Waals surface area contributed by atoms with E-state index in [9.17, 15) is 14.4 Å². The molecule has 0 aliphatic heterocycles. The number of amides is 1. The summed E-state index contributed by atoms with van der Waals surface area (Å²) in [7, 11) is 0. The maximum atomic E-state index is 12.2. The number of aliphatic carboxylic acids is 1. The van der Waals surface area contributed by atoms with Gasteiger partial charge in [0.15, 0.2) is 0 Å². The molecule has 1 aromatic heterocycles. The largest absolute Gasteiger partial charge is 0.481 e. The lowest BCUT2D eigenvalue weighted by Crippen LogP contribution is -2.22. The van der Waals surface area contributed by atoms with E-state index in [0.29, 0.717) is 29.8 Å². The molecule has 2 N–H and O–H groups in total. The number of hydrogen-bond donors (Lipinski definition) is 2. The van der Waals surface area contributed by atoms with E-state index < -0.39 is 17.9 Å². The fourth-order valence-corrected chi connectivity index (χ4v) is 3.21. The van der Waals surface area contributed by atoms with Gasteiger partial charge in [0.25, 0.3) is 0 Å². The summed E-state index contributed by atoms with van der Waals surface area (Å²) in [4.78, 5) is 34.8. The Morgan fingerprint density at radius 2 is 2.10 bits per heavy atom. The first kappa shape index (κ1) is 15.5. The molecule has 1 aromatic rings. The molecular formula is C14H17NO5S. The van der Waals surface area contributed by atoms with Crippen LogP contribution in [0.1, 0.15) is 36.5 Å². The Bertz CT molecular complexity index is 553. The van der Waals surface area contributed by atoms with Crippen molar-refractivity contribution in [3.8, 4) is 0 Å². The van der Waals surface area contributed by atoms with Crippen molar-refractivity contribution < 1.29 is 24.2 Å². The zero-order valence-corrected chi connectivity index (χ0v) is 12.4. The van der Waals surface area contributed by atoms with Crippen LogP contribution >= 0.6 is 11.3 Å². The van der Waals surface area contributed by atoms with Crippen LogP contribution in [0, 0.1) is 11.8 Å². The van der Waals surface area contributed by atoms with E-state index in [1.54, 1.807) is 18.4 Å². The highest BCUT2D eigenvalue weighted by atomic mass is 32.1. The van der Waals surface area contributed by atoms with Gasteiger partial charge in [0.2, 0.25) is 5.91 Å². The van der Waals surface area contributed by atoms with E-state index in [4.69, 9.17) is 9.84 Å². The highest BCUT2D eigenvalue weighted by Gasteiger charge is 2.34. The van der Waals surface area contributed by atoms with Crippen LogP contribution < -0.4 is 5.32 Å². The molecule has 2 atom stereocenters. The summed E-state index contributed by atoms with van der Waals surface area (Å²) < 4.78 is 4.92. The van der Waals surface area contributed by atoms with Crippen molar-refractivity contribution in [2.24, 2.45) is 11.8 Å². The number of hydrogen-bond acceptors (Lipinski definition) is 5. The number of carbonyl (C=O) groups excluding carboxylic acids is 2. The monoisotopic (exact) mass is 311 g/mol. The maximum Gasteiger partial charge on any atom is 0.341 e. The van der Waals surface area contributed by atoms with E-state index in [1.807, 2.05) is 0 Å². The summed E-state index contributed by atoms with van der Waals surface area (Å²) >= 11 is 1.25. The van der Waals surface area contributed by atoms with Crippen LogP contribution in [0.15, 0.2) is 11.4 Å². The van der Waals surface area contributed by atoms with Crippen LogP contribution in [0.4, 0.5) is 5.00 Å². The third kappa shape index (κ3) is 3.60. The SMILES string of the molecule is CCOC(=O)c1ccsc1NC(=O)C1CCC(C(=O)O)C1. The summed E-state index contributed by atoms with van der Waals surface area (Å²) in [5.74, 6) is -2.32. The Labute approximate surface area is 126 Å². The van der Waals surface area contributed by atoms with Crippen molar-refractivity contribution in [2.75, 3.05) is 11.9 Å². The second-order valence-corrected chi connectivity index (χ2v) is 5.83. The second kappa shape index (κ2) is 6.71.